The van der Waals surface area contributed by atoms with Crippen molar-refractivity contribution >= 4 is 22.9 Å². The molecule has 3 rings (SSSR count). The quantitative estimate of drug-likeness (QED) is 0.802. The molecule has 0 bridgehead atoms. The number of thiophene rings is 1. The monoisotopic (exact) mass is 327 g/mol. The summed E-state index contributed by atoms with van der Waals surface area (Å²) in [5.41, 5.74) is 3.61. The number of carbonyl (C=O) groups excluding carboxylic acids is 1. The van der Waals surface area contributed by atoms with E-state index in [-0.39, 0.29) is 5.91 Å². The summed E-state index contributed by atoms with van der Waals surface area (Å²) in [4.78, 5) is 25.9. The van der Waals surface area contributed by atoms with Gasteiger partial charge in [-0.05, 0) is 44.7 Å². The van der Waals surface area contributed by atoms with Gasteiger partial charge in [-0.2, -0.15) is 0 Å². The van der Waals surface area contributed by atoms with Crippen LogP contribution >= 0.6 is 11.3 Å². The number of aryl methyl sites for hydroxylation is 3. The van der Waals surface area contributed by atoms with E-state index in [1.807, 2.05) is 43.7 Å². The van der Waals surface area contributed by atoms with E-state index >= 15 is 0 Å². The van der Waals surface area contributed by atoms with Gasteiger partial charge >= 0.3 is 0 Å². The van der Waals surface area contributed by atoms with Gasteiger partial charge in [0.1, 0.15) is 5.82 Å². The number of nitrogens with one attached hydrogen (secondary N) is 1. The first-order valence-electron chi connectivity index (χ1n) is 7.17. The zero-order valence-electron chi connectivity index (χ0n) is 13.4. The van der Waals surface area contributed by atoms with E-state index in [0.29, 0.717) is 16.5 Å². The zero-order chi connectivity index (χ0) is 16.6. The summed E-state index contributed by atoms with van der Waals surface area (Å²) in [5.74, 6) is 1.24. The molecule has 118 valence electrons. The topological polar surface area (TPSA) is 72.7 Å². The predicted octanol–water partition coefficient (Wildman–Crippen LogP) is 3.21. The average Bonchev–Trinajstić information content (AvgIpc) is 3.05. The number of hydrogen-bond acceptors (Lipinski definition) is 5. The minimum absolute atomic E-state index is 0.148. The van der Waals surface area contributed by atoms with Crippen molar-refractivity contribution in [3.63, 3.8) is 0 Å². The fraction of sp³-hybridized carbons (Fsp3) is 0.250. The first kappa shape index (κ1) is 15.4. The number of anilines is 1. The van der Waals surface area contributed by atoms with E-state index in [1.54, 1.807) is 12.4 Å². The van der Waals surface area contributed by atoms with Crippen LogP contribution in [0.15, 0.2) is 23.8 Å². The number of imidazole rings is 1. The molecule has 0 aliphatic heterocycles. The zero-order valence-corrected chi connectivity index (χ0v) is 14.2. The highest BCUT2D eigenvalue weighted by molar-refractivity contribution is 7.12. The Hall–Kier alpha value is -2.54. The van der Waals surface area contributed by atoms with Crippen molar-refractivity contribution in [3.05, 3.63) is 51.5 Å². The third-order valence-electron chi connectivity index (χ3n) is 3.56. The molecule has 0 saturated carbocycles. The Morgan fingerprint density at radius 2 is 1.87 bits per heavy atom. The second-order valence-corrected chi connectivity index (χ2v) is 6.29. The maximum Gasteiger partial charge on any atom is 0.265 e. The Morgan fingerprint density at radius 3 is 2.39 bits per heavy atom. The van der Waals surface area contributed by atoms with Crippen molar-refractivity contribution in [2.75, 3.05) is 5.32 Å². The number of rotatable bonds is 3. The van der Waals surface area contributed by atoms with Crippen molar-refractivity contribution in [2.24, 2.45) is 0 Å². The maximum absolute atomic E-state index is 12.1. The molecule has 0 unspecified atom stereocenters. The van der Waals surface area contributed by atoms with Crippen LogP contribution in [-0.4, -0.2) is 25.4 Å². The van der Waals surface area contributed by atoms with Crippen molar-refractivity contribution < 1.29 is 4.79 Å². The van der Waals surface area contributed by atoms with Crippen LogP contribution in [-0.2, 0) is 0 Å². The van der Waals surface area contributed by atoms with Crippen LogP contribution in [0.3, 0.4) is 0 Å². The number of amides is 1. The van der Waals surface area contributed by atoms with Crippen LogP contribution in [0.4, 0.5) is 5.69 Å². The highest BCUT2D eigenvalue weighted by Gasteiger charge is 2.12. The van der Waals surface area contributed by atoms with E-state index < -0.39 is 0 Å². The molecule has 1 amide bonds. The Labute approximate surface area is 138 Å². The van der Waals surface area contributed by atoms with Crippen LogP contribution in [0.2, 0.25) is 0 Å². The first-order valence-corrected chi connectivity index (χ1v) is 8.05. The molecule has 0 aromatic carbocycles. The Bertz CT molecular complexity index is 863. The predicted molar refractivity (Wildman–Crippen MR) is 90.4 cm³/mol. The normalized spacial score (nSPS) is 10.8. The maximum atomic E-state index is 12.1. The van der Waals surface area contributed by atoms with E-state index in [9.17, 15) is 4.79 Å². The fourth-order valence-corrected chi connectivity index (χ4v) is 3.11. The number of carbonyl (C=O) groups is 1. The summed E-state index contributed by atoms with van der Waals surface area (Å²) >= 11 is 1.42. The highest BCUT2D eigenvalue weighted by atomic mass is 32.1. The van der Waals surface area contributed by atoms with Gasteiger partial charge in [-0.15, -0.1) is 11.3 Å². The highest BCUT2D eigenvalue weighted by Crippen LogP contribution is 2.17. The van der Waals surface area contributed by atoms with Gasteiger partial charge in [0, 0.05) is 5.69 Å². The molecular weight excluding hydrogens is 310 g/mol. The molecule has 23 heavy (non-hydrogen) atoms. The van der Waals surface area contributed by atoms with Crippen LogP contribution in [0.1, 0.15) is 32.4 Å². The van der Waals surface area contributed by atoms with E-state index in [0.717, 1.165) is 22.8 Å². The number of aromatic nitrogens is 4. The molecule has 0 fully saturated rings. The van der Waals surface area contributed by atoms with Crippen LogP contribution < -0.4 is 5.32 Å². The second kappa shape index (κ2) is 5.92. The lowest BCUT2D eigenvalue weighted by atomic mass is 10.3. The SMILES string of the molecule is Cc1csc(C(=O)Nc2cnc(-n3c(C)nc(C)c3C)nc2)c1. The molecule has 0 saturated heterocycles. The molecule has 0 aliphatic rings. The molecule has 1 N–H and O–H groups in total. The number of hydrogen-bond donors (Lipinski definition) is 1. The first-order chi connectivity index (χ1) is 11.0. The standard InChI is InChI=1S/C16H17N5OS/c1-9-5-14(23-8-9)15(22)20-13-6-17-16(18-7-13)21-11(3)10(2)19-12(21)4/h5-8H,1-4H3,(H,20,22). The van der Waals surface area contributed by atoms with E-state index in [4.69, 9.17) is 0 Å². The molecule has 0 radical (unpaired) electrons. The summed E-state index contributed by atoms with van der Waals surface area (Å²) in [6.45, 7) is 7.81. The van der Waals surface area contributed by atoms with Gasteiger partial charge in [-0.1, -0.05) is 0 Å². The van der Waals surface area contributed by atoms with Crippen LogP contribution in [0, 0.1) is 27.7 Å². The lowest BCUT2D eigenvalue weighted by Crippen LogP contribution is -2.12. The third-order valence-corrected chi connectivity index (χ3v) is 4.61. The lowest BCUT2D eigenvalue weighted by molar-refractivity contribution is 0.103. The lowest BCUT2D eigenvalue weighted by Gasteiger charge is -2.07. The number of nitrogens with zero attached hydrogens (tertiary/aromatic N) is 4. The Kier molecular flexibility index (Phi) is 3.96. The van der Waals surface area contributed by atoms with E-state index in [2.05, 4.69) is 20.3 Å². The third kappa shape index (κ3) is 3.00. The van der Waals surface area contributed by atoms with Gasteiger partial charge in [0.2, 0.25) is 5.95 Å². The van der Waals surface area contributed by atoms with Gasteiger partial charge < -0.3 is 5.32 Å². The Balaban J connectivity index is 1.81. The molecule has 7 heteroatoms. The summed E-state index contributed by atoms with van der Waals surface area (Å²) in [6, 6.07) is 1.86. The van der Waals surface area contributed by atoms with Crippen LogP contribution in [0.25, 0.3) is 5.95 Å². The molecule has 3 heterocycles. The van der Waals surface area contributed by atoms with E-state index in [1.165, 1.54) is 11.3 Å². The molecule has 3 aromatic rings. The largest absolute Gasteiger partial charge is 0.319 e. The summed E-state index contributed by atoms with van der Waals surface area (Å²) in [5, 5.41) is 4.75. The van der Waals surface area contributed by atoms with Crippen molar-refractivity contribution in [1.29, 1.82) is 0 Å². The van der Waals surface area contributed by atoms with Gasteiger partial charge in [0.25, 0.3) is 5.91 Å². The molecule has 0 atom stereocenters. The minimum Gasteiger partial charge on any atom is -0.319 e. The van der Waals surface area contributed by atoms with Crippen molar-refractivity contribution in [3.8, 4) is 5.95 Å². The summed E-state index contributed by atoms with van der Waals surface area (Å²) < 4.78 is 1.89. The van der Waals surface area contributed by atoms with Gasteiger partial charge in [-0.3, -0.25) is 9.36 Å². The van der Waals surface area contributed by atoms with Crippen LogP contribution in [0.5, 0.6) is 0 Å². The average molecular weight is 327 g/mol. The Morgan fingerprint density at radius 1 is 1.17 bits per heavy atom. The van der Waals surface area contributed by atoms with Crippen molar-refractivity contribution in [1.82, 2.24) is 19.5 Å². The smallest absolute Gasteiger partial charge is 0.265 e. The fourth-order valence-electron chi connectivity index (χ4n) is 2.32. The van der Waals surface area contributed by atoms with Gasteiger partial charge in [-0.25, -0.2) is 15.0 Å². The van der Waals surface area contributed by atoms with Crippen molar-refractivity contribution in [2.45, 2.75) is 27.7 Å². The van der Waals surface area contributed by atoms with Gasteiger partial charge in [0.15, 0.2) is 0 Å². The molecule has 6 nitrogen and oxygen atoms in total. The summed E-state index contributed by atoms with van der Waals surface area (Å²) in [7, 11) is 0. The minimum atomic E-state index is -0.148. The molecular formula is C16H17N5OS. The second-order valence-electron chi connectivity index (χ2n) is 5.38. The van der Waals surface area contributed by atoms with Gasteiger partial charge in [0.05, 0.1) is 28.7 Å². The summed E-state index contributed by atoms with van der Waals surface area (Å²) in [6.07, 6.45) is 3.21. The molecule has 0 spiro atoms. The molecule has 3 aromatic heterocycles. The molecule has 0 aliphatic carbocycles.